The summed E-state index contributed by atoms with van der Waals surface area (Å²) in [6.07, 6.45) is 3.00. The van der Waals surface area contributed by atoms with Crippen molar-refractivity contribution in [3.05, 3.63) is 24.3 Å². The predicted molar refractivity (Wildman–Crippen MR) is 61.5 cm³/mol. The average Bonchev–Trinajstić information content (AvgIpc) is 3.05. The summed E-state index contributed by atoms with van der Waals surface area (Å²) in [5.74, 6) is 0. The van der Waals surface area contributed by atoms with Gasteiger partial charge in [0.05, 0.1) is 23.9 Å². The van der Waals surface area contributed by atoms with E-state index in [2.05, 4.69) is 11.0 Å². The highest BCUT2D eigenvalue weighted by atomic mass is 15.2. The molecule has 0 amide bonds. The molecular weight excluding hydrogens is 186 g/mol. The van der Waals surface area contributed by atoms with Crippen molar-refractivity contribution >= 4 is 11.4 Å². The Morgan fingerprint density at radius 1 is 1.40 bits per heavy atom. The van der Waals surface area contributed by atoms with E-state index >= 15 is 0 Å². The first-order chi connectivity index (χ1) is 7.33. The second kappa shape index (κ2) is 4.22. The van der Waals surface area contributed by atoms with Gasteiger partial charge in [-0.15, -0.1) is 0 Å². The molecule has 3 nitrogen and oxygen atoms in total. The van der Waals surface area contributed by atoms with Gasteiger partial charge in [-0.2, -0.15) is 5.26 Å². The molecule has 0 bridgehead atoms. The third-order valence-corrected chi connectivity index (χ3v) is 2.70. The van der Waals surface area contributed by atoms with Gasteiger partial charge in [-0.3, -0.25) is 0 Å². The summed E-state index contributed by atoms with van der Waals surface area (Å²) in [7, 11) is 0. The third kappa shape index (κ3) is 2.21. The molecule has 0 unspecified atom stereocenters. The Bertz CT molecular complexity index is 377. The predicted octanol–water partition coefficient (Wildman–Crippen LogP) is 2.15. The van der Waals surface area contributed by atoms with Crippen LogP contribution in [0.25, 0.3) is 0 Å². The van der Waals surface area contributed by atoms with E-state index in [0.717, 1.165) is 17.9 Å². The summed E-state index contributed by atoms with van der Waals surface area (Å²) in [6.45, 7) is 0.787. The van der Waals surface area contributed by atoms with Crippen molar-refractivity contribution in [3.63, 3.8) is 0 Å². The molecule has 0 saturated heterocycles. The molecule has 2 N–H and O–H groups in total. The summed E-state index contributed by atoms with van der Waals surface area (Å²) >= 11 is 0. The standard InChI is InChI=1S/C12H15N3/c13-8-3-9-15(10-6-7-10)12-5-2-1-4-11(12)14/h1-2,4-5,10H,3,6-7,9,14H2. The van der Waals surface area contributed by atoms with Gasteiger partial charge in [-0.05, 0) is 25.0 Å². The minimum atomic E-state index is 0.560. The fourth-order valence-corrected chi connectivity index (χ4v) is 1.81. The molecular formula is C12H15N3. The number of nitrogens with two attached hydrogens (primary N) is 1. The topological polar surface area (TPSA) is 53.0 Å². The summed E-state index contributed by atoms with van der Waals surface area (Å²) < 4.78 is 0. The summed E-state index contributed by atoms with van der Waals surface area (Å²) in [5.41, 5.74) is 7.82. The molecule has 0 atom stereocenters. The lowest BCUT2D eigenvalue weighted by Crippen LogP contribution is -2.27. The molecule has 1 saturated carbocycles. The molecule has 0 radical (unpaired) electrons. The quantitative estimate of drug-likeness (QED) is 0.759. The first kappa shape index (κ1) is 9.85. The van der Waals surface area contributed by atoms with Crippen molar-refractivity contribution in [2.75, 3.05) is 17.2 Å². The SMILES string of the molecule is N#CCCN(c1ccccc1N)C1CC1. The van der Waals surface area contributed by atoms with Crippen molar-refractivity contribution in [1.82, 2.24) is 0 Å². The maximum Gasteiger partial charge on any atom is 0.0640 e. The van der Waals surface area contributed by atoms with Crippen LogP contribution in [0, 0.1) is 11.3 Å². The monoisotopic (exact) mass is 201 g/mol. The summed E-state index contributed by atoms with van der Waals surface area (Å²) in [5, 5.41) is 8.63. The van der Waals surface area contributed by atoms with E-state index in [1.54, 1.807) is 0 Å². The Morgan fingerprint density at radius 2 is 2.13 bits per heavy atom. The Morgan fingerprint density at radius 3 is 2.73 bits per heavy atom. The van der Waals surface area contributed by atoms with Crippen molar-refractivity contribution in [2.45, 2.75) is 25.3 Å². The van der Waals surface area contributed by atoms with Crippen LogP contribution in [0.3, 0.4) is 0 Å². The Hall–Kier alpha value is -1.69. The van der Waals surface area contributed by atoms with Crippen LogP contribution in [0.15, 0.2) is 24.3 Å². The summed E-state index contributed by atoms with van der Waals surface area (Å²) in [4.78, 5) is 2.26. The number of rotatable bonds is 4. The minimum Gasteiger partial charge on any atom is -0.397 e. The fraction of sp³-hybridized carbons (Fsp3) is 0.417. The van der Waals surface area contributed by atoms with Crippen molar-refractivity contribution in [3.8, 4) is 6.07 Å². The largest absolute Gasteiger partial charge is 0.397 e. The lowest BCUT2D eigenvalue weighted by molar-refractivity contribution is 0.794. The van der Waals surface area contributed by atoms with Gasteiger partial charge in [0.2, 0.25) is 0 Å². The molecule has 78 valence electrons. The van der Waals surface area contributed by atoms with Crippen LogP contribution in [-0.2, 0) is 0 Å². The van der Waals surface area contributed by atoms with E-state index < -0.39 is 0 Å². The van der Waals surface area contributed by atoms with E-state index in [1.807, 2.05) is 24.3 Å². The van der Waals surface area contributed by atoms with Crippen molar-refractivity contribution in [2.24, 2.45) is 0 Å². The van der Waals surface area contributed by atoms with E-state index in [9.17, 15) is 0 Å². The highest BCUT2D eigenvalue weighted by Gasteiger charge is 2.29. The number of nitrogens with zero attached hydrogens (tertiary/aromatic N) is 2. The number of benzene rings is 1. The molecule has 2 rings (SSSR count). The van der Waals surface area contributed by atoms with Crippen molar-refractivity contribution in [1.29, 1.82) is 5.26 Å². The zero-order valence-corrected chi connectivity index (χ0v) is 8.69. The lowest BCUT2D eigenvalue weighted by Gasteiger charge is -2.24. The molecule has 0 aromatic heterocycles. The number of anilines is 2. The number of nitriles is 1. The minimum absolute atomic E-state index is 0.560. The maximum atomic E-state index is 8.63. The molecule has 1 aliphatic rings. The number of nitrogen functional groups attached to an aromatic ring is 1. The van der Waals surface area contributed by atoms with E-state index in [-0.39, 0.29) is 0 Å². The fourth-order valence-electron chi connectivity index (χ4n) is 1.81. The van der Waals surface area contributed by atoms with Gasteiger partial charge in [0.25, 0.3) is 0 Å². The number of para-hydroxylation sites is 2. The second-order valence-corrected chi connectivity index (χ2v) is 3.89. The van der Waals surface area contributed by atoms with Gasteiger partial charge >= 0.3 is 0 Å². The lowest BCUT2D eigenvalue weighted by atomic mass is 10.2. The number of hydrogen-bond acceptors (Lipinski definition) is 3. The maximum absolute atomic E-state index is 8.63. The van der Waals surface area contributed by atoms with E-state index in [1.165, 1.54) is 12.8 Å². The van der Waals surface area contributed by atoms with Crippen LogP contribution in [0.5, 0.6) is 0 Å². The number of hydrogen-bond donors (Lipinski definition) is 1. The Labute approximate surface area is 90.1 Å². The first-order valence-corrected chi connectivity index (χ1v) is 5.31. The van der Waals surface area contributed by atoms with Crippen LogP contribution in [0.4, 0.5) is 11.4 Å². The molecule has 15 heavy (non-hydrogen) atoms. The van der Waals surface area contributed by atoms with Gasteiger partial charge in [0.15, 0.2) is 0 Å². The highest BCUT2D eigenvalue weighted by molar-refractivity contribution is 5.68. The van der Waals surface area contributed by atoms with Gasteiger partial charge in [0, 0.05) is 12.6 Å². The molecule has 1 aromatic rings. The first-order valence-electron chi connectivity index (χ1n) is 5.31. The van der Waals surface area contributed by atoms with Crippen molar-refractivity contribution < 1.29 is 0 Å². The second-order valence-electron chi connectivity index (χ2n) is 3.89. The molecule has 1 aromatic carbocycles. The summed E-state index contributed by atoms with van der Waals surface area (Å²) in [6, 6.07) is 10.7. The van der Waals surface area contributed by atoms with Gasteiger partial charge in [0.1, 0.15) is 0 Å². The highest BCUT2D eigenvalue weighted by Crippen LogP contribution is 2.34. The smallest absolute Gasteiger partial charge is 0.0640 e. The van der Waals surface area contributed by atoms with E-state index in [0.29, 0.717) is 12.5 Å². The van der Waals surface area contributed by atoms with Crippen LogP contribution in [-0.4, -0.2) is 12.6 Å². The molecule has 0 aliphatic heterocycles. The van der Waals surface area contributed by atoms with Crippen LogP contribution in [0.2, 0.25) is 0 Å². The zero-order chi connectivity index (χ0) is 10.7. The van der Waals surface area contributed by atoms with Crippen LogP contribution >= 0.6 is 0 Å². The molecule has 1 aliphatic carbocycles. The third-order valence-electron chi connectivity index (χ3n) is 2.70. The van der Waals surface area contributed by atoms with E-state index in [4.69, 9.17) is 11.0 Å². The zero-order valence-electron chi connectivity index (χ0n) is 8.69. The normalized spacial score (nSPS) is 14.6. The van der Waals surface area contributed by atoms with Gasteiger partial charge in [-0.25, -0.2) is 0 Å². The Balaban J connectivity index is 2.17. The van der Waals surface area contributed by atoms with Crippen LogP contribution in [0.1, 0.15) is 19.3 Å². The average molecular weight is 201 g/mol. The van der Waals surface area contributed by atoms with Crippen LogP contribution < -0.4 is 10.6 Å². The van der Waals surface area contributed by atoms with Gasteiger partial charge < -0.3 is 10.6 Å². The Kier molecular flexibility index (Phi) is 2.77. The molecule has 1 fully saturated rings. The molecule has 3 heteroatoms. The molecule has 0 heterocycles. The van der Waals surface area contributed by atoms with Gasteiger partial charge in [-0.1, -0.05) is 12.1 Å². The molecule has 0 spiro atoms.